The van der Waals surface area contributed by atoms with Crippen LogP contribution in [0.25, 0.3) is 0 Å². The van der Waals surface area contributed by atoms with E-state index in [0.29, 0.717) is 5.56 Å². The Morgan fingerprint density at radius 3 is 2.67 bits per heavy atom. The van der Waals surface area contributed by atoms with Gasteiger partial charge in [-0.05, 0) is 37.8 Å². The molecule has 0 atom stereocenters. The molecule has 15 heavy (non-hydrogen) atoms. The molecule has 1 aromatic rings. The van der Waals surface area contributed by atoms with Crippen LogP contribution in [0.5, 0.6) is 0 Å². The molecule has 0 aliphatic carbocycles. The van der Waals surface area contributed by atoms with E-state index < -0.39 is 0 Å². The zero-order valence-corrected chi connectivity index (χ0v) is 9.80. The highest BCUT2D eigenvalue weighted by atomic mass is 14.7. The molecule has 0 spiro atoms. The first-order valence-corrected chi connectivity index (χ1v) is 5.55. The highest BCUT2D eigenvalue weighted by Gasteiger charge is 2.07. The van der Waals surface area contributed by atoms with Gasteiger partial charge in [-0.15, -0.1) is 0 Å². The van der Waals surface area contributed by atoms with Gasteiger partial charge in [-0.1, -0.05) is 19.8 Å². The minimum absolute atomic E-state index is 0.715. The third kappa shape index (κ3) is 2.79. The lowest BCUT2D eigenvalue weighted by Gasteiger charge is -2.09. The van der Waals surface area contributed by atoms with Gasteiger partial charge in [-0.2, -0.15) is 5.26 Å². The average Bonchev–Trinajstić information content (AvgIpc) is 2.23. The molecule has 0 aliphatic rings. The number of pyridine rings is 1. The number of hydrogen-bond acceptors (Lipinski definition) is 2. The van der Waals surface area contributed by atoms with Crippen molar-refractivity contribution in [3.05, 3.63) is 28.6 Å². The maximum atomic E-state index is 8.92. The van der Waals surface area contributed by atoms with Gasteiger partial charge in [0.15, 0.2) is 0 Å². The van der Waals surface area contributed by atoms with Gasteiger partial charge in [0.05, 0.1) is 5.56 Å². The minimum Gasteiger partial charge on any atom is -0.260 e. The summed E-state index contributed by atoms with van der Waals surface area (Å²) < 4.78 is 0. The minimum atomic E-state index is 0.715. The van der Waals surface area contributed by atoms with Gasteiger partial charge < -0.3 is 0 Å². The van der Waals surface area contributed by atoms with E-state index in [-0.39, 0.29) is 0 Å². The van der Waals surface area contributed by atoms with E-state index in [4.69, 9.17) is 5.26 Å². The van der Waals surface area contributed by atoms with Crippen molar-refractivity contribution in [2.45, 2.75) is 46.5 Å². The van der Waals surface area contributed by atoms with Crippen molar-refractivity contribution >= 4 is 0 Å². The van der Waals surface area contributed by atoms with Crippen LogP contribution in [-0.2, 0) is 6.42 Å². The van der Waals surface area contributed by atoms with Gasteiger partial charge in [-0.3, -0.25) is 4.98 Å². The molecule has 0 radical (unpaired) electrons. The molecule has 0 aromatic carbocycles. The van der Waals surface area contributed by atoms with Gasteiger partial charge in [-0.25, -0.2) is 0 Å². The van der Waals surface area contributed by atoms with Crippen molar-refractivity contribution in [3.8, 4) is 6.07 Å². The topological polar surface area (TPSA) is 36.7 Å². The molecular weight excluding hydrogens is 184 g/mol. The number of hydrogen-bond donors (Lipinski definition) is 0. The number of nitriles is 1. The first-order chi connectivity index (χ1) is 7.20. The Kier molecular flexibility index (Phi) is 4.30. The van der Waals surface area contributed by atoms with E-state index in [2.05, 4.69) is 18.0 Å². The molecule has 0 unspecified atom stereocenters. The SMILES string of the molecule is CCCCCc1c(C)ncc(C#N)c1C. The zero-order chi connectivity index (χ0) is 11.3. The fourth-order valence-electron chi connectivity index (χ4n) is 1.80. The second-order valence-corrected chi connectivity index (χ2v) is 3.93. The predicted molar refractivity (Wildman–Crippen MR) is 61.7 cm³/mol. The van der Waals surface area contributed by atoms with Gasteiger partial charge in [0.2, 0.25) is 0 Å². The third-order valence-electron chi connectivity index (χ3n) is 2.83. The van der Waals surface area contributed by atoms with Gasteiger partial charge in [0, 0.05) is 11.9 Å². The molecule has 2 heteroatoms. The summed E-state index contributed by atoms with van der Waals surface area (Å²) >= 11 is 0. The molecule has 0 fully saturated rings. The van der Waals surface area contributed by atoms with Crippen LogP contribution in [0.15, 0.2) is 6.20 Å². The Balaban J connectivity index is 2.90. The molecule has 2 nitrogen and oxygen atoms in total. The Labute approximate surface area is 92.0 Å². The van der Waals surface area contributed by atoms with Crippen LogP contribution in [0.1, 0.15) is 48.6 Å². The quantitative estimate of drug-likeness (QED) is 0.702. The van der Waals surface area contributed by atoms with Gasteiger partial charge >= 0.3 is 0 Å². The van der Waals surface area contributed by atoms with Crippen molar-refractivity contribution in [1.29, 1.82) is 5.26 Å². The fourth-order valence-corrected chi connectivity index (χ4v) is 1.80. The van der Waals surface area contributed by atoms with Crippen molar-refractivity contribution in [2.75, 3.05) is 0 Å². The average molecular weight is 202 g/mol. The van der Waals surface area contributed by atoms with E-state index in [1.54, 1.807) is 6.20 Å². The van der Waals surface area contributed by atoms with Crippen LogP contribution in [0.3, 0.4) is 0 Å². The van der Waals surface area contributed by atoms with E-state index in [1.165, 1.54) is 24.8 Å². The molecule has 0 saturated heterocycles. The summed E-state index contributed by atoms with van der Waals surface area (Å²) in [7, 11) is 0. The molecule has 0 N–H and O–H groups in total. The van der Waals surface area contributed by atoms with E-state index in [0.717, 1.165) is 17.7 Å². The predicted octanol–water partition coefficient (Wildman–Crippen LogP) is 3.30. The molecule has 0 aliphatic heterocycles. The number of rotatable bonds is 4. The molecule has 0 amide bonds. The van der Waals surface area contributed by atoms with Crippen LogP contribution < -0.4 is 0 Å². The van der Waals surface area contributed by atoms with Crippen molar-refractivity contribution in [2.24, 2.45) is 0 Å². The normalized spacial score (nSPS) is 10.0. The summed E-state index contributed by atoms with van der Waals surface area (Å²) in [5.74, 6) is 0. The standard InChI is InChI=1S/C13H18N2/c1-4-5-6-7-13-10(2)12(8-14)9-15-11(13)3/h9H,4-7H2,1-3H3. The maximum absolute atomic E-state index is 8.92. The Morgan fingerprint density at radius 1 is 1.33 bits per heavy atom. The largest absolute Gasteiger partial charge is 0.260 e. The molecule has 1 aromatic heterocycles. The monoisotopic (exact) mass is 202 g/mol. The highest BCUT2D eigenvalue weighted by molar-refractivity contribution is 5.41. The molecular formula is C13H18N2. The lowest BCUT2D eigenvalue weighted by Crippen LogP contribution is -1.99. The molecule has 1 heterocycles. The first kappa shape index (κ1) is 11.7. The summed E-state index contributed by atoms with van der Waals surface area (Å²) in [6.45, 7) is 6.24. The Morgan fingerprint density at radius 2 is 2.07 bits per heavy atom. The first-order valence-electron chi connectivity index (χ1n) is 5.55. The molecule has 1 rings (SSSR count). The lowest BCUT2D eigenvalue weighted by molar-refractivity contribution is 0.710. The number of aromatic nitrogens is 1. The highest BCUT2D eigenvalue weighted by Crippen LogP contribution is 2.18. The van der Waals surface area contributed by atoms with Crippen molar-refractivity contribution in [1.82, 2.24) is 4.98 Å². The van der Waals surface area contributed by atoms with Crippen LogP contribution in [-0.4, -0.2) is 4.98 Å². The van der Waals surface area contributed by atoms with Crippen LogP contribution >= 0.6 is 0 Å². The Hall–Kier alpha value is -1.36. The number of unbranched alkanes of at least 4 members (excludes halogenated alkanes) is 2. The summed E-state index contributed by atoms with van der Waals surface area (Å²) in [4.78, 5) is 4.27. The summed E-state index contributed by atoms with van der Waals surface area (Å²) in [5, 5.41) is 8.92. The summed E-state index contributed by atoms with van der Waals surface area (Å²) in [6, 6.07) is 2.19. The van der Waals surface area contributed by atoms with Crippen molar-refractivity contribution in [3.63, 3.8) is 0 Å². The molecule has 80 valence electrons. The smallest absolute Gasteiger partial charge is 0.101 e. The van der Waals surface area contributed by atoms with E-state index in [1.807, 2.05) is 13.8 Å². The zero-order valence-electron chi connectivity index (χ0n) is 9.80. The maximum Gasteiger partial charge on any atom is 0.101 e. The summed E-state index contributed by atoms with van der Waals surface area (Å²) in [5.41, 5.74) is 4.17. The van der Waals surface area contributed by atoms with Crippen LogP contribution in [0, 0.1) is 25.2 Å². The summed E-state index contributed by atoms with van der Waals surface area (Å²) in [6.07, 6.45) is 6.38. The number of aryl methyl sites for hydroxylation is 1. The van der Waals surface area contributed by atoms with Crippen LogP contribution in [0.2, 0.25) is 0 Å². The van der Waals surface area contributed by atoms with Gasteiger partial charge in [0.25, 0.3) is 0 Å². The second-order valence-electron chi connectivity index (χ2n) is 3.93. The second kappa shape index (κ2) is 5.50. The number of nitrogens with zero attached hydrogens (tertiary/aromatic N) is 2. The Bertz CT molecular complexity index is 375. The lowest BCUT2D eigenvalue weighted by atomic mass is 9.98. The van der Waals surface area contributed by atoms with Crippen LogP contribution in [0.4, 0.5) is 0 Å². The molecule has 0 saturated carbocycles. The fraction of sp³-hybridized carbons (Fsp3) is 0.538. The third-order valence-corrected chi connectivity index (χ3v) is 2.83. The van der Waals surface area contributed by atoms with Crippen molar-refractivity contribution < 1.29 is 0 Å². The van der Waals surface area contributed by atoms with E-state index >= 15 is 0 Å². The molecule has 0 bridgehead atoms. The van der Waals surface area contributed by atoms with E-state index in [9.17, 15) is 0 Å². The van der Waals surface area contributed by atoms with Gasteiger partial charge in [0.1, 0.15) is 6.07 Å².